The van der Waals surface area contributed by atoms with Gasteiger partial charge in [0.05, 0.1) is 19.8 Å². The summed E-state index contributed by atoms with van der Waals surface area (Å²) in [6, 6.07) is 8.21. The normalized spacial score (nSPS) is 11.2. The quantitative estimate of drug-likeness (QED) is 0.429. The molecule has 0 aliphatic rings. The summed E-state index contributed by atoms with van der Waals surface area (Å²) >= 11 is 0. The van der Waals surface area contributed by atoms with E-state index >= 15 is 0 Å². The molecule has 0 aliphatic heterocycles. The number of ether oxygens (including phenoxy) is 3. The number of Topliss-reactive ketones (excluding diaryl/α,β-unsaturated/α-hetero) is 1. The van der Waals surface area contributed by atoms with Crippen LogP contribution >= 0.6 is 0 Å². The number of hydrogen-bond donors (Lipinski definition) is 1. The number of hydrogen-bond acceptors (Lipinski definition) is 7. The predicted molar refractivity (Wildman–Crippen MR) is 100 cm³/mol. The number of benzene rings is 1. The molecule has 0 aromatic heterocycles. The highest BCUT2D eigenvalue weighted by molar-refractivity contribution is 5.88. The minimum atomic E-state index is -0.899. The van der Waals surface area contributed by atoms with Crippen LogP contribution in [0.3, 0.4) is 0 Å². The average molecular weight is 393 g/mol. The molecule has 0 unspecified atom stereocenters. The van der Waals surface area contributed by atoms with Crippen molar-refractivity contribution in [1.82, 2.24) is 5.32 Å². The lowest BCUT2D eigenvalue weighted by Gasteiger charge is -2.17. The second-order valence-corrected chi connectivity index (χ2v) is 6.00. The van der Waals surface area contributed by atoms with Crippen LogP contribution in [0.2, 0.25) is 0 Å². The fourth-order valence-corrected chi connectivity index (χ4v) is 2.40. The maximum absolute atomic E-state index is 12.4. The van der Waals surface area contributed by atoms with Gasteiger partial charge in [-0.15, -0.1) is 0 Å². The van der Waals surface area contributed by atoms with Gasteiger partial charge in [-0.2, -0.15) is 0 Å². The highest BCUT2D eigenvalue weighted by Crippen LogP contribution is 2.08. The van der Waals surface area contributed by atoms with Gasteiger partial charge in [-0.1, -0.05) is 30.3 Å². The maximum atomic E-state index is 12.4. The van der Waals surface area contributed by atoms with Crippen LogP contribution in [0.1, 0.15) is 44.6 Å². The van der Waals surface area contributed by atoms with E-state index in [0.717, 1.165) is 5.56 Å². The minimum absolute atomic E-state index is 0.0241. The number of amides is 1. The Morgan fingerprint density at radius 2 is 1.68 bits per heavy atom. The van der Waals surface area contributed by atoms with Crippen LogP contribution in [0.15, 0.2) is 30.3 Å². The Morgan fingerprint density at radius 3 is 2.32 bits per heavy atom. The number of carbonyl (C=O) groups excluding carboxylic acids is 4. The summed E-state index contributed by atoms with van der Waals surface area (Å²) in [5.41, 5.74) is 0.810. The van der Waals surface area contributed by atoms with Crippen molar-refractivity contribution in [2.45, 2.75) is 51.7 Å². The Balaban J connectivity index is 2.54. The molecule has 1 aromatic rings. The first-order valence-corrected chi connectivity index (χ1v) is 9.18. The zero-order valence-electron chi connectivity index (χ0n) is 16.3. The number of nitrogens with one attached hydrogen (secondary N) is 1. The van der Waals surface area contributed by atoms with Gasteiger partial charge in [-0.25, -0.2) is 4.79 Å². The standard InChI is InChI=1S/C20H27NO7/c1-3-27-19(24)11-7-10-17(22)16(12-13-18(23)26-2)21-20(25)28-14-15-8-5-4-6-9-15/h4-6,8-9,16H,3,7,10-14H2,1-2H3,(H,21,25)/t16-/m0/s1. The minimum Gasteiger partial charge on any atom is -0.469 e. The summed E-state index contributed by atoms with van der Waals surface area (Å²) in [4.78, 5) is 47.2. The van der Waals surface area contributed by atoms with Crippen LogP contribution < -0.4 is 5.32 Å². The predicted octanol–water partition coefficient (Wildman–Crippen LogP) is 2.54. The van der Waals surface area contributed by atoms with E-state index < -0.39 is 18.1 Å². The molecule has 1 aromatic carbocycles. The van der Waals surface area contributed by atoms with Crippen molar-refractivity contribution in [3.8, 4) is 0 Å². The van der Waals surface area contributed by atoms with Crippen molar-refractivity contribution in [2.24, 2.45) is 0 Å². The molecule has 0 spiro atoms. The highest BCUT2D eigenvalue weighted by atomic mass is 16.5. The van der Waals surface area contributed by atoms with Crippen molar-refractivity contribution in [3.63, 3.8) is 0 Å². The van der Waals surface area contributed by atoms with Crippen LogP contribution in [0.4, 0.5) is 4.79 Å². The Kier molecular flexibility index (Phi) is 11.0. The number of alkyl carbamates (subject to hydrolysis) is 1. The molecule has 8 heteroatoms. The molecule has 0 heterocycles. The van der Waals surface area contributed by atoms with Gasteiger partial charge in [0.1, 0.15) is 6.61 Å². The summed E-state index contributed by atoms with van der Waals surface area (Å²) in [6.45, 7) is 2.05. The molecule has 0 saturated heterocycles. The third-order valence-electron chi connectivity index (χ3n) is 3.87. The molecule has 1 atom stereocenters. The van der Waals surface area contributed by atoms with Crippen LogP contribution in [0, 0.1) is 0 Å². The van der Waals surface area contributed by atoms with E-state index in [0.29, 0.717) is 6.42 Å². The Morgan fingerprint density at radius 1 is 0.964 bits per heavy atom. The lowest BCUT2D eigenvalue weighted by molar-refractivity contribution is -0.143. The molecule has 0 saturated carbocycles. The summed E-state index contributed by atoms with van der Waals surface area (Å²) in [5.74, 6) is -1.15. The van der Waals surface area contributed by atoms with Crippen molar-refractivity contribution in [3.05, 3.63) is 35.9 Å². The SMILES string of the molecule is CCOC(=O)CCCC(=O)[C@H](CCC(=O)OC)NC(=O)OCc1ccccc1. The van der Waals surface area contributed by atoms with Gasteiger partial charge >= 0.3 is 18.0 Å². The fourth-order valence-electron chi connectivity index (χ4n) is 2.40. The van der Waals surface area contributed by atoms with Crippen LogP contribution in [0.5, 0.6) is 0 Å². The molecule has 1 amide bonds. The van der Waals surface area contributed by atoms with Gasteiger partial charge in [0.25, 0.3) is 0 Å². The van der Waals surface area contributed by atoms with E-state index in [4.69, 9.17) is 9.47 Å². The van der Waals surface area contributed by atoms with E-state index in [1.807, 2.05) is 30.3 Å². The van der Waals surface area contributed by atoms with Gasteiger partial charge < -0.3 is 19.5 Å². The van der Waals surface area contributed by atoms with Crippen LogP contribution in [0.25, 0.3) is 0 Å². The first-order chi connectivity index (χ1) is 13.5. The van der Waals surface area contributed by atoms with Crippen LogP contribution in [-0.4, -0.2) is 43.6 Å². The van der Waals surface area contributed by atoms with Gasteiger partial charge in [0, 0.05) is 19.3 Å². The highest BCUT2D eigenvalue weighted by Gasteiger charge is 2.22. The Hall–Kier alpha value is -2.90. The van der Waals surface area contributed by atoms with Crippen molar-refractivity contribution >= 4 is 23.8 Å². The molecular weight excluding hydrogens is 366 g/mol. The Bertz CT molecular complexity index is 645. The molecule has 28 heavy (non-hydrogen) atoms. The third-order valence-corrected chi connectivity index (χ3v) is 3.87. The molecule has 1 N–H and O–H groups in total. The zero-order valence-corrected chi connectivity index (χ0v) is 16.3. The largest absolute Gasteiger partial charge is 0.469 e. The molecule has 154 valence electrons. The summed E-state index contributed by atoms with van der Waals surface area (Å²) in [7, 11) is 1.25. The number of methoxy groups -OCH3 is 1. The van der Waals surface area contributed by atoms with Gasteiger partial charge in [0.2, 0.25) is 0 Å². The first-order valence-electron chi connectivity index (χ1n) is 9.18. The van der Waals surface area contributed by atoms with Gasteiger partial charge in [-0.3, -0.25) is 14.4 Å². The second kappa shape index (κ2) is 13.3. The monoisotopic (exact) mass is 393 g/mol. The molecular formula is C20H27NO7. The molecule has 8 nitrogen and oxygen atoms in total. The van der Waals surface area contributed by atoms with Crippen molar-refractivity contribution in [2.75, 3.05) is 13.7 Å². The van der Waals surface area contributed by atoms with E-state index in [1.165, 1.54) is 7.11 Å². The summed E-state index contributed by atoms with van der Waals surface area (Å²) in [5, 5.41) is 2.50. The molecule has 0 bridgehead atoms. The molecule has 0 fully saturated rings. The van der Waals surface area contributed by atoms with E-state index in [1.54, 1.807) is 6.92 Å². The first kappa shape index (κ1) is 23.1. The number of rotatable bonds is 12. The molecule has 1 rings (SSSR count). The van der Waals surface area contributed by atoms with Crippen molar-refractivity contribution < 1.29 is 33.4 Å². The molecule has 0 aliphatic carbocycles. The zero-order chi connectivity index (χ0) is 20.8. The topological polar surface area (TPSA) is 108 Å². The Labute approximate surface area is 164 Å². The van der Waals surface area contributed by atoms with E-state index in [2.05, 4.69) is 10.1 Å². The van der Waals surface area contributed by atoms with Gasteiger partial charge in [0.15, 0.2) is 5.78 Å². The summed E-state index contributed by atoms with van der Waals surface area (Å²) in [6.07, 6.45) is -0.203. The third kappa shape index (κ3) is 9.70. The van der Waals surface area contributed by atoms with E-state index in [-0.39, 0.29) is 50.6 Å². The average Bonchev–Trinajstić information content (AvgIpc) is 2.70. The molecule has 0 radical (unpaired) electrons. The van der Waals surface area contributed by atoms with Crippen molar-refractivity contribution in [1.29, 1.82) is 0 Å². The second-order valence-electron chi connectivity index (χ2n) is 6.00. The van der Waals surface area contributed by atoms with Gasteiger partial charge in [-0.05, 0) is 25.3 Å². The number of carbonyl (C=O) groups is 4. The lowest BCUT2D eigenvalue weighted by atomic mass is 10.0. The number of ketones is 1. The number of esters is 2. The summed E-state index contributed by atoms with van der Waals surface area (Å²) < 4.78 is 14.5. The van der Waals surface area contributed by atoms with E-state index in [9.17, 15) is 19.2 Å². The lowest BCUT2D eigenvalue weighted by Crippen LogP contribution is -2.41. The van der Waals surface area contributed by atoms with Crippen LogP contribution in [-0.2, 0) is 35.2 Å². The fraction of sp³-hybridized carbons (Fsp3) is 0.500. The maximum Gasteiger partial charge on any atom is 0.408 e. The smallest absolute Gasteiger partial charge is 0.408 e.